The molecule has 3 rings (SSSR count). The highest BCUT2D eigenvalue weighted by molar-refractivity contribution is 5.92. The number of ether oxygens (including phenoxy) is 1. The largest absolute Gasteiger partial charge is 0.495 e. The second-order valence-electron chi connectivity index (χ2n) is 7.63. The molecule has 0 radical (unpaired) electrons. The summed E-state index contributed by atoms with van der Waals surface area (Å²) in [6, 6.07) is 11.5. The summed E-state index contributed by atoms with van der Waals surface area (Å²) >= 11 is 0. The molecule has 27 heavy (non-hydrogen) atoms. The molecule has 7 heteroatoms. The summed E-state index contributed by atoms with van der Waals surface area (Å²) in [5.74, 6) is 1.44. The zero-order valence-electron chi connectivity index (χ0n) is 16.4. The molecule has 144 valence electrons. The number of piperazine rings is 1. The van der Waals surface area contributed by atoms with Crippen molar-refractivity contribution in [3.8, 4) is 5.75 Å². The van der Waals surface area contributed by atoms with E-state index >= 15 is 0 Å². The number of amides is 1. The molecule has 0 atom stereocenters. The van der Waals surface area contributed by atoms with Gasteiger partial charge in [0.15, 0.2) is 5.69 Å². The number of hydrogen-bond donors (Lipinski definition) is 1. The molecular formula is C20H27N5O2. The van der Waals surface area contributed by atoms with Crippen molar-refractivity contribution in [1.29, 1.82) is 0 Å². The minimum absolute atomic E-state index is 0.0792. The first kappa shape index (κ1) is 18.9. The monoisotopic (exact) mass is 369 g/mol. The smallest absolute Gasteiger partial charge is 0.274 e. The van der Waals surface area contributed by atoms with Gasteiger partial charge < -0.3 is 19.9 Å². The van der Waals surface area contributed by atoms with E-state index in [1.165, 1.54) is 0 Å². The third-order valence-corrected chi connectivity index (χ3v) is 4.38. The van der Waals surface area contributed by atoms with Gasteiger partial charge in [0, 0.05) is 31.7 Å². The van der Waals surface area contributed by atoms with E-state index in [9.17, 15) is 4.79 Å². The van der Waals surface area contributed by atoms with E-state index in [0.717, 1.165) is 24.5 Å². The van der Waals surface area contributed by atoms with Crippen LogP contribution >= 0.6 is 0 Å². The third kappa shape index (κ3) is 4.67. The number of methoxy groups -OCH3 is 1. The Morgan fingerprint density at radius 1 is 1.04 bits per heavy atom. The number of para-hydroxylation sites is 2. The molecule has 2 heterocycles. The van der Waals surface area contributed by atoms with Crippen molar-refractivity contribution < 1.29 is 9.53 Å². The zero-order chi connectivity index (χ0) is 19.4. The fourth-order valence-electron chi connectivity index (χ4n) is 3.10. The van der Waals surface area contributed by atoms with Crippen LogP contribution in [0.15, 0.2) is 36.4 Å². The Bertz CT molecular complexity index is 778. The molecular weight excluding hydrogens is 342 g/mol. The molecule has 1 aromatic carbocycles. The van der Waals surface area contributed by atoms with Crippen LogP contribution in [-0.4, -0.2) is 59.8 Å². The van der Waals surface area contributed by atoms with Gasteiger partial charge in [-0.25, -0.2) is 0 Å². The average Bonchev–Trinajstić information content (AvgIpc) is 2.67. The standard InChI is InChI=1S/C20H27N5O2/c1-20(2,3)21-18-10-9-15(22-23-18)19(26)25-13-11-24(12-14-25)16-7-5-6-8-17(16)27-4/h5-10H,11-14H2,1-4H3,(H,21,23). The highest BCUT2D eigenvalue weighted by Crippen LogP contribution is 2.28. The van der Waals surface area contributed by atoms with Crippen molar-refractivity contribution in [2.24, 2.45) is 0 Å². The number of rotatable bonds is 4. The van der Waals surface area contributed by atoms with Crippen LogP contribution in [0, 0.1) is 0 Å². The summed E-state index contributed by atoms with van der Waals surface area (Å²) in [6.45, 7) is 8.94. The molecule has 1 fully saturated rings. The Kier molecular flexibility index (Phi) is 5.48. The molecule has 7 nitrogen and oxygen atoms in total. The maximum atomic E-state index is 12.7. The molecule has 1 aromatic heterocycles. The maximum Gasteiger partial charge on any atom is 0.274 e. The quantitative estimate of drug-likeness (QED) is 0.893. The Morgan fingerprint density at radius 3 is 2.33 bits per heavy atom. The van der Waals surface area contributed by atoms with Crippen molar-refractivity contribution in [3.63, 3.8) is 0 Å². The normalized spacial score (nSPS) is 14.8. The van der Waals surface area contributed by atoms with Gasteiger partial charge in [-0.3, -0.25) is 4.79 Å². The van der Waals surface area contributed by atoms with Crippen LogP contribution in [0.2, 0.25) is 0 Å². The average molecular weight is 369 g/mol. The van der Waals surface area contributed by atoms with Gasteiger partial charge in [0.2, 0.25) is 0 Å². The van der Waals surface area contributed by atoms with E-state index < -0.39 is 0 Å². The van der Waals surface area contributed by atoms with E-state index in [4.69, 9.17) is 4.74 Å². The predicted molar refractivity (Wildman–Crippen MR) is 107 cm³/mol. The Hall–Kier alpha value is -2.83. The molecule has 1 aliphatic rings. The van der Waals surface area contributed by atoms with Gasteiger partial charge in [-0.2, -0.15) is 0 Å². The Balaban J connectivity index is 1.61. The number of nitrogens with one attached hydrogen (secondary N) is 1. The lowest BCUT2D eigenvalue weighted by Gasteiger charge is -2.36. The number of anilines is 2. The van der Waals surface area contributed by atoms with Crippen molar-refractivity contribution in [3.05, 3.63) is 42.1 Å². The van der Waals surface area contributed by atoms with Crippen LogP contribution in [0.5, 0.6) is 5.75 Å². The van der Waals surface area contributed by atoms with Gasteiger partial charge in [0.25, 0.3) is 5.91 Å². The number of nitrogens with zero attached hydrogens (tertiary/aromatic N) is 4. The van der Waals surface area contributed by atoms with Crippen molar-refractivity contribution in [2.45, 2.75) is 26.3 Å². The highest BCUT2D eigenvalue weighted by Gasteiger charge is 2.24. The first-order valence-corrected chi connectivity index (χ1v) is 9.16. The van der Waals surface area contributed by atoms with Gasteiger partial charge in [-0.15, -0.1) is 10.2 Å². The van der Waals surface area contributed by atoms with Crippen LogP contribution in [-0.2, 0) is 0 Å². The Morgan fingerprint density at radius 2 is 1.74 bits per heavy atom. The van der Waals surface area contributed by atoms with Crippen molar-refractivity contribution >= 4 is 17.4 Å². The molecule has 0 unspecified atom stereocenters. The summed E-state index contributed by atoms with van der Waals surface area (Å²) in [6.07, 6.45) is 0. The molecule has 0 spiro atoms. The molecule has 1 aliphatic heterocycles. The number of benzene rings is 1. The SMILES string of the molecule is COc1ccccc1N1CCN(C(=O)c2ccc(NC(C)(C)C)nn2)CC1. The zero-order valence-corrected chi connectivity index (χ0v) is 16.4. The molecule has 2 aromatic rings. The second kappa shape index (κ2) is 7.82. The lowest BCUT2D eigenvalue weighted by molar-refractivity contribution is 0.0739. The lowest BCUT2D eigenvalue weighted by atomic mass is 10.1. The van der Waals surface area contributed by atoms with Gasteiger partial charge in [0.1, 0.15) is 11.6 Å². The van der Waals surface area contributed by atoms with Crippen LogP contribution in [0.4, 0.5) is 11.5 Å². The Labute approximate surface area is 160 Å². The van der Waals surface area contributed by atoms with Crippen LogP contribution in [0.1, 0.15) is 31.3 Å². The molecule has 0 bridgehead atoms. The first-order chi connectivity index (χ1) is 12.9. The lowest BCUT2D eigenvalue weighted by Crippen LogP contribution is -2.49. The minimum Gasteiger partial charge on any atom is -0.495 e. The molecule has 0 aliphatic carbocycles. The topological polar surface area (TPSA) is 70.6 Å². The van der Waals surface area contributed by atoms with E-state index in [2.05, 4.69) is 41.2 Å². The fraction of sp³-hybridized carbons (Fsp3) is 0.450. The van der Waals surface area contributed by atoms with E-state index in [1.54, 1.807) is 19.2 Å². The van der Waals surface area contributed by atoms with Crippen molar-refractivity contribution in [1.82, 2.24) is 15.1 Å². The fourth-order valence-corrected chi connectivity index (χ4v) is 3.10. The molecule has 1 amide bonds. The van der Waals surface area contributed by atoms with Gasteiger partial charge >= 0.3 is 0 Å². The summed E-state index contributed by atoms with van der Waals surface area (Å²) in [5.41, 5.74) is 1.33. The van der Waals surface area contributed by atoms with Crippen molar-refractivity contribution in [2.75, 3.05) is 43.5 Å². The summed E-state index contributed by atoms with van der Waals surface area (Å²) in [4.78, 5) is 16.8. The molecule has 0 saturated carbocycles. The number of hydrogen-bond acceptors (Lipinski definition) is 6. The van der Waals surface area contributed by atoms with E-state index in [-0.39, 0.29) is 11.4 Å². The second-order valence-corrected chi connectivity index (χ2v) is 7.63. The third-order valence-electron chi connectivity index (χ3n) is 4.38. The first-order valence-electron chi connectivity index (χ1n) is 9.16. The number of aromatic nitrogens is 2. The van der Waals surface area contributed by atoms with Crippen LogP contribution in [0.3, 0.4) is 0 Å². The summed E-state index contributed by atoms with van der Waals surface area (Å²) in [5, 5.41) is 11.5. The number of carbonyl (C=O) groups is 1. The minimum atomic E-state index is -0.102. The summed E-state index contributed by atoms with van der Waals surface area (Å²) < 4.78 is 5.44. The van der Waals surface area contributed by atoms with E-state index in [1.807, 2.05) is 29.2 Å². The van der Waals surface area contributed by atoms with Gasteiger partial charge in [-0.1, -0.05) is 12.1 Å². The van der Waals surface area contributed by atoms with Gasteiger partial charge in [-0.05, 0) is 45.0 Å². The van der Waals surface area contributed by atoms with E-state index in [0.29, 0.717) is 24.6 Å². The molecule has 1 saturated heterocycles. The molecule has 1 N–H and O–H groups in total. The van der Waals surface area contributed by atoms with Crippen LogP contribution in [0.25, 0.3) is 0 Å². The maximum absolute atomic E-state index is 12.7. The summed E-state index contributed by atoms with van der Waals surface area (Å²) in [7, 11) is 1.68. The predicted octanol–water partition coefficient (Wildman–Crippen LogP) is 2.66. The van der Waals surface area contributed by atoms with Crippen LogP contribution < -0.4 is 15.0 Å². The van der Waals surface area contributed by atoms with Gasteiger partial charge in [0.05, 0.1) is 12.8 Å². The number of carbonyl (C=O) groups excluding carboxylic acids is 1. The highest BCUT2D eigenvalue weighted by atomic mass is 16.5.